The zero-order chi connectivity index (χ0) is 12.4. The third kappa shape index (κ3) is 2.14. The lowest BCUT2D eigenvalue weighted by Crippen LogP contribution is -2.15. The van der Waals surface area contributed by atoms with E-state index in [1.54, 1.807) is 42.2 Å². The van der Waals surface area contributed by atoms with Crippen molar-refractivity contribution in [2.45, 2.75) is 6.04 Å². The lowest BCUT2D eigenvalue weighted by Gasteiger charge is -2.12. The molecule has 2 aromatic rings. The van der Waals surface area contributed by atoms with Gasteiger partial charge in [-0.15, -0.1) is 0 Å². The molecule has 0 saturated carbocycles. The van der Waals surface area contributed by atoms with Crippen molar-refractivity contribution >= 4 is 0 Å². The van der Waals surface area contributed by atoms with E-state index >= 15 is 0 Å². The summed E-state index contributed by atoms with van der Waals surface area (Å²) in [6.07, 6.45) is 1.77. The third-order valence-corrected chi connectivity index (χ3v) is 2.60. The maximum atomic E-state index is 14.0. The Hall–Kier alpha value is -1.88. The van der Waals surface area contributed by atoms with E-state index in [4.69, 9.17) is 10.5 Å². The number of rotatable bonds is 3. The maximum absolute atomic E-state index is 14.0. The predicted octanol–water partition coefficient (Wildman–Crippen LogP) is 1.62. The number of hydrogen-bond acceptors (Lipinski definition) is 3. The van der Waals surface area contributed by atoms with Crippen LogP contribution in [0.2, 0.25) is 0 Å². The second kappa shape index (κ2) is 4.55. The minimum Gasteiger partial charge on any atom is -0.494 e. The number of methoxy groups -OCH3 is 1. The molecule has 1 heterocycles. The molecule has 1 unspecified atom stereocenters. The van der Waals surface area contributed by atoms with Crippen LogP contribution in [0.5, 0.6) is 5.75 Å². The van der Waals surface area contributed by atoms with E-state index in [0.29, 0.717) is 11.3 Å². The SMILES string of the molecule is COc1cccc(C(N)c2ccn(C)n2)c1F. The molecule has 0 spiro atoms. The molecule has 1 aromatic heterocycles. The summed E-state index contributed by atoms with van der Waals surface area (Å²) in [5, 5.41) is 4.17. The lowest BCUT2D eigenvalue weighted by molar-refractivity contribution is 0.383. The van der Waals surface area contributed by atoms with Crippen LogP contribution in [0.1, 0.15) is 17.3 Å². The van der Waals surface area contributed by atoms with Gasteiger partial charge in [0.25, 0.3) is 0 Å². The lowest BCUT2D eigenvalue weighted by atomic mass is 10.0. The molecule has 0 fully saturated rings. The standard InChI is InChI=1S/C12H14FN3O/c1-16-7-6-9(15-16)12(14)8-4-3-5-10(17-2)11(8)13/h3-7,12H,14H2,1-2H3. The summed E-state index contributed by atoms with van der Waals surface area (Å²) in [4.78, 5) is 0. The summed E-state index contributed by atoms with van der Waals surface area (Å²) in [5.41, 5.74) is 6.99. The fourth-order valence-electron chi connectivity index (χ4n) is 1.68. The molecule has 17 heavy (non-hydrogen) atoms. The zero-order valence-electron chi connectivity index (χ0n) is 9.72. The molecule has 90 valence electrons. The largest absolute Gasteiger partial charge is 0.494 e. The highest BCUT2D eigenvalue weighted by Crippen LogP contribution is 2.26. The fourth-order valence-corrected chi connectivity index (χ4v) is 1.68. The number of aromatic nitrogens is 2. The van der Waals surface area contributed by atoms with Gasteiger partial charge in [-0.3, -0.25) is 4.68 Å². The highest BCUT2D eigenvalue weighted by Gasteiger charge is 2.18. The zero-order valence-corrected chi connectivity index (χ0v) is 9.72. The average Bonchev–Trinajstić information content (AvgIpc) is 2.75. The van der Waals surface area contributed by atoms with Crippen LogP contribution in [-0.2, 0) is 7.05 Å². The van der Waals surface area contributed by atoms with Crippen molar-refractivity contribution in [3.8, 4) is 5.75 Å². The van der Waals surface area contributed by atoms with E-state index in [1.165, 1.54) is 7.11 Å². The Balaban J connectivity index is 2.40. The van der Waals surface area contributed by atoms with Gasteiger partial charge in [0.1, 0.15) is 0 Å². The molecular weight excluding hydrogens is 221 g/mol. The minimum absolute atomic E-state index is 0.189. The molecular formula is C12H14FN3O. The number of nitrogens with two attached hydrogens (primary N) is 1. The number of ether oxygens (including phenoxy) is 1. The molecule has 0 radical (unpaired) electrons. The van der Waals surface area contributed by atoms with Gasteiger partial charge in [0, 0.05) is 18.8 Å². The predicted molar refractivity (Wildman–Crippen MR) is 62.2 cm³/mol. The van der Waals surface area contributed by atoms with Crippen LogP contribution in [-0.4, -0.2) is 16.9 Å². The van der Waals surface area contributed by atoms with Crippen molar-refractivity contribution in [1.29, 1.82) is 0 Å². The maximum Gasteiger partial charge on any atom is 0.170 e. The van der Waals surface area contributed by atoms with Gasteiger partial charge in [-0.1, -0.05) is 12.1 Å². The quantitative estimate of drug-likeness (QED) is 0.879. The monoisotopic (exact) mass is 235 g/mol. The molecule has 2 rings (SSSR count). The van der Waals surface area contributed by atoms with E-state index in [-0.39, 0.29) is 5.75 Å². The van der Waals surface area contributed by atoms with Crippen LogP contribution >= 0.6 is 0 Å². The van der Waals surface area contributed by atoms with Gasteiger partial charge < -0.3 is 10.5 Å². The summed E-state index contributed by atoms with van der Waals surface area (Å²) < 4.78 is 20.5. The Morgan fingerprint density at radius 3 is 2.76 bits per heavy atom. The molecule has 1 atom stereocenters. The van der Waals surface area contributed by atoms with Crippen molar-refractivity contribution in [3.63, 3.8) is 0 Å². The molecule has 0 aliphatic carbocycles. The minimum atomic E-state index is -0.591. The van der Waals surface area contributed by atoms with Crippen LogP contribution in [0.15, 0.2) is 30.5 Å². The normalized spacial score (nSPS) is 12.5. The summed E-state index contributed by atoms with van der Waals surface area (Å²) >= 11 is 0. The van der Waals surface area contributed by atoms with E-state index in [9.17, 15) is 4.39 Å². The molecule has 2 N–H and O–H groups in total. The Labute approximate surface area is 98.8 Å². The molecule has 0 amide bonds. The Morgan fingerprint density at radius 1 is 1.41 bits per heavy atom. The topological polar surface area (TPSA) is 53.1 Å². The molecule has 0 aliphatic rings. The molecule has 5 heteroatoms. The first-order chi connectivity index (χ1) is 8.13. The van der Waals surface area contributed by atoms with Gasteiger partial charge in [-0.25, -0.2) is 4.39 Å². The first-order valence-corrected chi connectivity index (χ1v) is 5.21. The molecule has 0 saturated heterocycles. The Bertz CT molecular complexity index is 524. The number of hydrogen-bond donors (Lipinski definition) is 1. The highest BCUT2D eigenvalue weighted by atomic mass is 19.1. The fraction of sp³-hybridized carbons (Fsp3) is 0.250. The number of halogens is 1. The summed E-state index contributed by atoms with van der Waals surface area (Å²) in [6, 6.07) is 6.08. The summed E-state index contributed by atoms with van der Waals surface area (Å²) in [5.74, 6) is -0.248. The second-order valence-electron chi connectivity index (χ2n) is 3.76. The first kappa shape index (κ1) is 11.6. The molecule has 0 aliphatic heterocycles. The summed E-state index contributed by atoms with van der Waals surface area (Å²) in [7, 11) is 3.21. The van der Waals surface area contributed by atoms with Crippen LogP contribution in [0.3, 0.4) is 0 Å². The van der Waals surface area contributed by atoms with Crippen molar-refractivity contribution in [2.24, 2.45) is 12.8 Å². The van der Waals surface area contributed by atoms with Gasteiger partial charge in [0.15, 0.2) is 11.6 Å². The van der Waals surface area contributed by atoms with Crippen molar-refractivity contribution in [3.05, 3.63) is 47.5 Å². The Kier molecular flexibility index (Phi) is 3.10. The van der Waals surface area contributed by atoms with Crippen LogP contribution in [0, 0.1) is 5.82 Å². The van der Waals surface area contributed by atoms with Gasteiger partial charge in [-0.05, 0) is 12.1 Å². The van der Waals surface area contributed by atoms with Crippen LogP contribution in [0.25, 0.3) is 0 Å². The van der Waals surface area contributed by atoms with E-state index in [0.717, 1.165) is 0 Å². The van der Waals surface area contributed by atoms with Gasteiger partial charge in [0.05, 0.1) is 18.8 Å². The van der Waals surface area contributed by atoms with Crippen LogP contribution < -0.4 is 10.5 Å². The molecule has 0 bridgehead atoms. The highest BCUT2D eigenvalue weighted by molar-refractivity contribution is 5.36. The van der Waals surface area contributed by atoms with E-state index in [2.05, 4.69) is 5.10 Å². The molecule has 4 nitrogen and oxygen atoms in total. The van der Waals surface area contributed by atoms with Crippen LogP contribution in [0.4, 0.5) is 4.39 Å². The number of aryl methyl sites for hydroxylation is 1. The smallest absolute Gasteiger partial charge is 0.170 e. The first-order valence-electron chi connectivity index (χ1n) is 5.21. The Morgan fingerprint density at radius 2 is 2.18 bits per heavy atom. The summed E-state index contributed by atoms with van der Waals surface area (Å²) in [6.45, 7) is 0. The third-order valence-electron chi connectivity index (χ3n) is 2.60. The van der Waals surface area contributed by atoms with Gasteiger partial charge in [0.2, 0.25) is 0 Å². The van der Waals surface area contributed by atoms with Gasteiger partial charge in [-0.2, -0.15) is 5.10 Å². The van der Waals surface area contributed by atoms with Gasteiger partial charge >= 0.3 is 0 Å². The second-order valence-corrected chi connectivity index (χ2v) is 3.76. The number of nitrogens with zero attached hydrogens (tertiary/aromatic N) is 2. The van der Waals surface area contributed by atoms with E-state index in [1.807, 2.05) is 0 Å². The number of benzene rings is 1. The van der Waals surface area contributed by atoms with Crippen molar-refractivity contribution < 1.29 is 9.13 Å². The average molecular weight is 235 g/mol. The van der Waals surface area contributed by atoms with Crippen molar-refractivity contribution in [2.75, 3.05) is 7.11 Å². The molecule has 1 aromatic carbocycles. The van der Waals surface area contributed by atoms with E-state index < -0.39 is 11.9 Å². The van der Waals surface area contributed by atoms with Crippen molar-refractivity contribution in [1.82, 2.24) is 9.78 Å².